The van der Waals surface area contributed by atoms with Crippen LogP contribution >= 0.6 is 0 Å². The molecule has 0 aliphatic carbocycles. The molecule has 0 unspecified atom stereocenters. The average Bonchev–Trinajstić information content (AvgIpc) is 2.49. The second kappa shape index (κ2) is 6.31. The minimum Gasteiger partial charge on any atom is -0.508 e. The first-order chi connectivity index (χ1) is 10.0. The third-order valence-electron chi connectivity index (χ3n) is 3.48. The highest BCUT2D eigenvalue weighted by molar-refractivity contribution is 5.94. The van der Waals surface area contributed by atoms with Crippen LogP contribution in [0.3, 0.4) is 0 Å². The van der Waals surface area contributed by atoms with Crippen molar-refractivity contribution in [2.24, 2.45) is 0 Å². The third kappa shape index (κ3) is 3.54. The molecule has 0 aromatic heterocycles. The number of anilines is 1. The number of nitrogen functional groups attached to an aromatic ring is 1. The quantitative estimate of drug-likeness (QED) is 0.848. The molecular weight excluding hydrogens is 264 g/mol. The van der Waals surface area contributed by atoms with Gasteiger partial charge in [0.1, 0.15) is 5.75 Å². The fraction of sp³-hybridized carbons (Fsp3) is 0.235. The lowest BCUT2D eigenvalue weighted by Crippen LogP contribution is -2.30. The zero-order valence-corrected chi connectivity index (χ0v) is 12.3. The van der Waals surface area contributed by atoms with E-state index >= 15 is 0 Å². The molecule has 0 atom stereocenters. The molecule has 4 heteroatoms. The van der Waals surface area contributed by atoms with Gasteiger partial charge in [-0.1, -0.05) is 18.2 Å². The first kappa shape index (κ1) is 14.9. The van der Waals surface area contributed by atoms with Gasteiger partial charge in [-0.3, -0.25) is 4.79 Å². The van der Waals surface area contributed by atoms with Gasteiger partial charge in [0, 0.05) is 24.3 Å². The summed E-state index contributed by atoms with van der Waals surface area (Å²) in [5.41, 5.74) is 8.65. The molecule has 3 N–H and O–H groups in total. The van der Waals surface area contributed by atoms with Crippen molar-refractivity contribution in [1.29, 1.82) is 0 Å². The van der Waals surface area contributed by atoms with E-state index < -0.39 is 0 Å². The van der Waals surface area contributed by atoms with Gasteiger partial charge in [-0.25, -0.2) is 0 Å². The standard InChI is InChI=1S/C17H20N2O2/c1-3-19(11-13-5-8-15(18)9-6-13)17(21)14-7-4-12(2)16(20)10-14/h4-10,20H,3,11,18H2,1-2H3. The lowest BCUT2D eigenvalue weighted by Gasteiger charge is -2.21. The number of carbonyl (C=O) groups excluding carboxylic acids is 1. The fourth-order valence-electron chi connectivity index (χ4n) is 2.10. The van der Waals surface area contributed by atoms with Crippen LogP contribution in [0.4, 0.5) is 5.69 Å². The van der Waals surface area contributed by atoms with Gasteiger partial charge in [0.05, 0.1) is 0 Å². The Labute approximate surface area is 124 Å². The number of hydrogen-bond donors (Lipinski definition) is 2. The zero-order valence-electron chi connectivity index (χ0n) is 12.3. The summed E-state index contributed by atoms with van der Waals surface area (Å²) >= 11 is 0. The minimum atomic E-state index is -0.0929. The monoisotopic (exact) mass is 284 g/mol. The maximum atomic E-state index is 12.5. The Morgan fingerprint density at radius 1 is 1.19 bits per heavy atom. The van der Waals surface area contributed by atoms with Crippen LogP contribution in [0.2, 0.25) is 0 Å². The smallest absolute Gasteiger partial charge is 0.254 e. The zero-order chi connectivity index (χ0) is 15.4. The molecule has 0 bridgehead atoms. The van der Waals surface area contributed by atoms with Gasteiger partial charge in [0.25, 0.3) is 5.91 Å². The van der Waals surface area contributed by atoms with Crippen LogP contribution in [0.15, 0.2) is 42.5 Å². The molecule has 2 aromatic carbocycles. The van der Waals surface area contributed by atoms with Gasteiger partial charge in [-0.15, -0.1) is 0 Å². The largest absolute Gasteiger partial charge is 0.508 e. The lowest BCUT2D eigenvalue weighted by atomic mass is 10.1. The molecule has 0 radical (unpaired) electrons. The molecule has 0 saturated heterocycles. The summed E-state index contributed by atoms with van der Waals surface area (Å²) in [4.78, 5) is 14.2. The molecule has 0 heterocycles. The number of benzene rings is 2. The van der Waals surface area contributed by atoms with Gasteiger partial charge in [-0.05, 0) is 49.2 Å². The molecule has 1 amide bonds. The topological polar surface area (TPSA) is 66.6 Å². The Bertz CT molecular complexity index is 636. The maximum absolute atomic E-state index is 12.5. The number of aryl methyl sites for hydroxylation is 1. The number of phenolic OH excluding ortho intramolecular Hbond substituents is 1. The highest BCUT2D eigenvalue weighted by Crippen LogP contribution is 2.19. The summed E-state index contributed by atoms with van der Waals surface area (Å²) in [6.45, 7) is 4.85. The Balaban J connectivity index is 2.18. The number of amides is 1. The molecule has 0 aliphatic rings. The summed E-state index contributed by atoms with van der Waals surface area (Å²) in [5.74, 6) is 0.0500. The van der Waals surface area contributed by atoms with E-state index in [0.29, 0.717) is 24.3 Å². The van der Waals surface area contributed by atoms with E-state index in [0.717, 1.165) is 11.1 Å². The van der Waals surface area contributed by atoms with Crippen LogP contribution < -0.4 is 5.73 Å². The Hall–Kier alpha value is -2.49. The van der Waals surface area contributed by atoms with E-state index in [4.69, 9.17) is 5.73 Å². The molecule has 0 saturated carbocycles. The first-order valence-electron chi connectivity index (χ1n) is 6.94. The predicted octanol–water partition coefficient (Wildman–Crippen LogP) is 2.95. The summed E-state index contributed by atoms with van der Waals surface area (Å²) in [7, 11) is 0. The Kier molecular flexibility index (Phi) is 4.48. The van der Waals surface area contributed by atoms with Crippen molar-refractivity contribution < 1.29 is 9.90 Å². The van der Waals surface area contributed by atoms with E-state index in [2.05, 4.69) is 0 Å². The number of nitrogens with zero attached hydrogens (tertiary/aromatic N) is 1. The molecule has 2 rings (SSSR count). The minimum absolute atomic E-state index is 0.0929. The number of rotatable bonds is 4. The summed E-state index contributed by atoms with van der Waals surface area (Å²) in [5, 5.41) is 9.74. The van der Waals surface area contributed by atoms with Crippen LogP contribution in [-0.2, 0) is 6.54 Å². The molecule has 4 nitrogen and oxygen atoms in total. The molecule has 2 aromatic rings. The van der Waals surface area contributed by atoms with Crippen LogP contribution in [-0.4, -0.2) is 22.5 Å². The molecule has 0 spiro atoms. The highest BCUT2D eigenvalue weighted by atomic mass is 16.3. The van der Waals surface area contributed by atoms with E-state index in [1.165, 1.54) is 6.07 Å². The number of carbonyl (C=O) groups is 1. The lowest BCUT2D eigenvalue weighted by molar-refractivity contribution is 0.0752. The fourth-order valence-corrected chi connectivity index (χ4v) is 2.10. The normalized spacial score (nSPS) is 10.4. The van der Waals surface area contributed by atoms with Crippen molar-refractivity contribution in [3.05, 3.63) is 59.2 Å². The summed E-state index contributed by atoms with van der Waals surface area (Å²) in [6.07, 6.45) is 0. The van der Waals surface area contributed by atoms with E-state index in [-0.39, 0.29) is 11.7 Å². The van der Waals surface area contributed by atoms with Crippen molar-refractivity contribution >= 4 is 11.6 Å². The van der Waals surface area contributed by atoms with Gasteiger partial charge < -0.3 is 15.7 Å². The molecule has 21 heavy (non-hydrogen) atoms. The van der Waals surface area contributed by atoms with Gasteiger partial charge in [-0.2, -0.15) is 0 Å². The summed E-state index contributed by atoms with van der Waals surface area (Å²) in [6, 6.07) is 12.5. The number of aromatic hydroxyl groups is 1. The second-order valence-corrected chi connectivity index (χ2v) is 5.06. The van der Waals surface area contributed by atoms with Crippen molar-refractivity contribution in [3.63, 3.8) is 0 Å². The Morgan fingerprint density at radius 2 is 1.86 bits per heavy atom. The second-order valence-electron chi connectivity index (χ2n) is 5.06. The van der Waals surface area contributed by atoms with Gasteiger partial charge in [0.2, 0.25) is 0 Å². The van der Waals surface area contributed by atoms with Crippen molar-refractivity contribution in [2.75, 3.05) is 12.3 Å². The highest BCUT2D eigenvalue weighted by Gasteiger charge is 2.15. The molecular formula is C17H20N2O2. The van der Waals surface area contributed by atoms with Crippen LogP contribution in [0.1, 0.15) is 28.4 Å². The van der Waals surface area contributed by atoms with Gasteiger partial charge in [0.15, 0.2) is 0 Å². The maximum Gasteiger partial charge on any atom is 0.254 e. The molecule has 0 fully saturated rings. The third-order valence-corrected chi connectivity index (χ3v) is 3.48. The van der Waals surface area contributed by atoms with Crippen molar-refractivity contribution in [2.45, 2.75) is 20.4 Å². The SMILES string of the molecule is CCN(Cc1ccc(N)cc1)C(=O)c1ccc(C)c(O)c1. The predicted molar refractivity (Wildman–Crippen MR) is 84.1 cm³/mol. The Morgan fingerprint density at radius 3 is 2.43 bits per heavy atom. The average molecular weight is 284 g/mol. The molecule has 110 valence electrons. The van der Waals surface area contributed by atoms with Crippen molar-refractivity contribution in [1.82, 2.24) is 4.90 Å². The number of phenols is 1. The number of hydrogen-bond acceptors (Lipinski definition) is 3. The van der Waals surface area contributed by atoms with E-state index in [1.807, 2.05) is 31.2 Å². The van der Waals surface area contributed by atoms with E-state index in [1.54, 1.807) is 24.0 Å². The van der Waals surface area contributed by atoms with Crippen LogP contribution in [0.5, 0.6) is 5.75 Å². The summed E-state index contributed by atoms with van der Waals surface area (Å²) < 4.78 is 0. The van der Waals surface area contributed by atoms with Crippen molar-refractivity contribution in [3.8, 4) is 5.75 Å². The van der Waals surface area contributed by atoms with E-state index in [9.17, 15) is 9.90 Å². The van der Waals surface area contributed by atoms with Gasteiger partial charge >= 0.3 is 0 Å². The molecule has 0 aliphatic heterocycles. The van der Waals surface area contributed by atoms with Crippen LogP contribution in [0, 0.1) is 6.92 Å². The van der Waals surface area contributed by atoms with Crippen LogP contribution in [0.25, 0.3) is 0 Å². The first-order valence-corrected chi connectivity index (χ1v) is 6.94. The number of nitrogens with two attached hydrogens (primary N) is 1.